The van der Waals surface area contributed by atoms with Gasteiger partial charge in [0.05, 0.1) is 17.7 Å². The lowest BCUT2D eigenvalue weighted by atomic mass is 10.1. The van der Waals surface area contributed by atoms with Gasteiger partial charge in [-0.15, -0.1) is 11.3 Å². The van der Waals surface area contributed by atoms with Crippen LogP contribution in [0.4, 0.5) is 11.4 Å². The highest BCUT2D eigenvalue weighted by atomic mass is 79.9. The SMILES string of the molecule is CCc1cnc(CNc2ccc(N)c3cc(Br)cnc23)s1. The molecule has 0 amide bonds. The summed E-state index contributed by atoms with van der Waals surface area (Å²) in [6.45, 7) is 2.83. The van der Waals surface area contributed by atoms with Crippen LogP contribution in [0.2, 0.25) is 0 Å². The third kappa shape index (κ3) is 3.01. The number of rotatable bonds is 4. The number of nitrogens with zero attached hydrogens (tertiary/aromatic N) is 2. The summed E-state index contributed by atoms with van der Waals surface area (Å²) in [6.07, 6.45) is 4.75. The van der Waals surface area contributed by atoms with Gasteiger partial charge in [-0.2, -0.15) is 0 Å². The molecule has 21 heavy (non-hydrogen) atoms. The number of aryl methyl sites for hydroxylation is 1. The van der Waals surface area contributed by atoms with Crippen LogP contribution in [-0.2, 0) is 13.0 Å². The third-order valence-electron chi connectivity index (χ3n) is 3.23. The molecule has 0 bridgehead atoms. The van der Waals surface area contributed by atoms with Gasteiger partial charge < -0.3 is 11.1 Å². The largest absolute Gasteiger partial charge is 0.398 e. The number of nitrogen functional groups attached to an aromatic ring is 1. The number of hydrogen-bond donors (Lipinski definition) is 2. The molecular formula is C15H15BrN4S. The second-order valence-electron chi connectivity index (χ2n) is 4.68. The molecule has 0 aliphatic heterocycles. The van der Waals surface area contributed by atoms with Gasteiger partial charge in [-0.1, -0.05) is 6.92 Å². The average Bonchev–Trinajstić information content (AvgIpc) is 2.95. The van der Waals surface area contributed by atoms with E-state index in [4.69, 9.17) is 5.73 Å². The van der Waals surface area contributed by atoms with Crippen molar-refractivity contribution in [2.75, 3.05) is 11.1 Å². The van der Waals surface area contributed by atoms with Crippen LogP contribution in [0.3, 0.4) is 0 Å². The zero-order valence-corrected chi connectivity index (χ0v) is 14.0. The van der Waals surface area contributed by atoms with Gasteiger partial charge in [0.1, 0.15) is 5.01 Å². The highest BCUT2D eigenvalue weighted by Gasteiger charge is 2.07. The van der Waals surface area contributed by atoms with Crippen molar-refractivity contribution in [3.63, 3.8) is 0 Å². The van der Waals surface area contributed by atoms with Crippen molar-refractivity contribution in [2.45, 2.75) is 19.9 Å². The first kappa shape index (κ1) is 14.3. The van der Waals surface area contributed by atoms with E-state index < -0.39 is 0 Å². The van der Waals surface area contributed by atoms with Gasteiger partial charge in [0, 0.05) is 32.8 Å². The predicted molar refractivity (Wildman–Crippen MR) is 92.7 cm³/mol. The molecule has 1 aromatic carbocycles. The molecule has 3 rings (SSSR count). The minimum atomic E-state index is 0.696. The maximum Gasteiger partial charge on any atom is 0.112 e. The summed E-state index contributed by atoms with van der Waals surface area (Å²) in [6, 6.07) is 5.85. The number of nitrogens with two attached hydrogens (primary N) is 1. The second-order valence-corrected chi connectivity index (χ2v) is 6.79. The number of aromatic nitrogens is 2. The number of anilines is 2. The maximum atomic E-state index is 6.02. The van der Waals surface area contributed by atoms with Crippen LogP contribution in [0.1, 0.15) is 16.8 Å². The van der Waals surface area contributed by atoms with Crippen LogP contribution >= 0.6 is 27.3 Å². The fraction of sp³-hybridized carbons (Fsp3) is 0.200. The molecule has 6 heteroatoms. The van der Waals surface area contributed by atoms with Crippen molar-refractivity contribution in [2.24, 2.45) is 0 Å². The Balaban J connectivity index is 1.88. The Morgan fingerprint density at radius 1 is 1.29 bits per heavy atom. The molecule has 0 saturated heterocycles. The lowest BCUT2D eigenvalue weighted by Crippen LogP contribution is -2.01. The fourth-order valence-corrected chi connectivity index (χ4v) is 3.26. The van der Waals surface area contributed by atoms with E-state index in [0.29, 0.717) is 6.54 Å². The minimum Gasteiger partial charge on any atom is -0.398 e. The molecular weight excluding hydrogens is 348 g/mol. The zero-order chi connectivity index (χ0) is 14.8. The second kappa shape index (κ2) is 5.99. The van der Waals surface area contributed by atoms with Crippen molar-refractivity contribution in [1.29, 1.82) is 0 Å². The summed E-state index contributed by atoms with van der Waals surface area (Å²) in [7, 11) is 0. The third-order valence-corrected chi connectivity index (χ3v) is 4.81. The molecule has 0 saturated carbocycles. The average molecular weight is 363 g/mol. The van der Waals surface area contributed by atoms with E-state index >= 15 is 0 Å². The molecule has 2 heterocycles. The van der Waals surface area contributed by atoms with Gasteiger partial charge in [-0.3, -0.25) is 4.98 Å². The number of halogens is 1. The normalized spacial score (nSPS) is 11.0. The van der Waals surface area contributed by atoms with Crippen molar-refractivity contribution in [3.8, 4) is 0 Å². The monoisotopic (exact) mass is 362 g/mol. The summed E-state index contributed by atoms with van der Waals surface area (Å²) in [5.74, 6) is 0. The molecule has 4 nitrogen and oxygen atoms in total. The number of fused-ring (bicyclic) bond motifs is 1. The lowest BCUT2D eigenvalue weighted by molar-refractivity contribution is 1.09. The fourth-order valence-electron chi connectivity index (χ4n) is 2.12. The van der Waals surface area contributed by atoms with E-state index in [9.17, 15) is 0 Å². The van der Waals surface area contributed by atoms with Crippen LogP contribution in [0.5, 0.6) is 0 Å². The first-order valence-corrected chi connectivity index (χ1v) is 8.29. The van der Waals surface area contributed by atoms with E-state index in [0.717, 1.165) is 38.2 Å². The summed E-state index contributed by atoms with van der Waals surface area (Å²) in [4.78, 5) is 10.2. The Hall–Kier alpha value is -1.66. The highest BCUT2D eigenvalue weighted by Crippen LogP contribution is 2.29. The lowest BCUT2D eigenvalue weighted by Gasteiger charge is -2.10. The van der Waals surface area contributed by atoms with Crippen molar-refractivity contribution in [1.82, 2.24) is 9.97 Å². The molecule has 3 aromatic rings. The number of thiazole rings is 1. The maximum absolute atomic E-state index is 6.02. The molecule has 3 N–H and O–H groups in total. The first-order valence-electron chi connectivity index (χ1n) is 6.68. The number of benzene rings is 1. The van der Waals surface area contributed by atoms with E-state index in [2.05, 4.69) is 38.1 Å². The Morgan fingerprint density at radius 2 is 2.14 bits per heavy atom. The molecule has 0 unspecified atom stereocenters. The summed E-state index contributed by atoms with van der Waals surface area (Å²) in [5, 5.41) is 5.43. The first-order chi connectivity index (χ1) is 10.2. The Morgan fingerprint density at radius 3 is 2.90 bits per heavy atom. The van der Waals surface area contributed by atoms with E-state index in [-0.39, 0.29) is 0 Å². The van der Waals surface area contributed by atoms with Gasteiger partial charge in [-0.05, 0) is 40.5 Å². The van der Waals surface area contributed by atoms with Gasteiger partial charge in [0.2, 0.25) is 0 Å². The number of pyridine rings is 1. The van der Waals surface area contributed by atoms with Gasteiger partial charge in [-0.25, -0.2) is 4.98 Å². The predicted octanol–water partition coefficient (Wildman–Crippen LogP) is 4.21. The quantitative estimate of drug-likeness (QED) is 0.682. The molecule has 0 fully saturated rings. The number of hydrogen-bond acceptors (Lipinski definition) is 5. The summed E-state index contributed by atoms with van der Waals surface area (Å²) < 4.78 is 0.923. The van der Waals surface area contributed by atoms with Crippen molar-refractivity contribution < 1.29 is 0 Å². The smallest absolute Gasteiger partial charge is 0.112 e. The van der Waals surface area contributed by atoms with E-state index in [1.54, 1.807) is 17.5 Å². The molecule has 0 radical (unpaired) electrons. The highest BCUT2D eigenvalue weighted by molar-refractivity contribution is 9.10. The Labute approximate surface area is 135 Å². The van der Waals surface area contributed by atoms with Crippen LogP contribution in [0, 0.1) is 0 Å². The summed E-state index contributed by atoms with van der Waals surface area (Å²) in [5.41, 5.74) is 8.60. The molecule has 108 valence electrons. The molecule has 0 atom stereocenters. The molecule has 0 spiro atoms. The van der Waals surface area contributed by atoms with Crippen molar-refractivity contribution in [3.05, 3.63) is 45.0 Å². The topological polar surface area (TPSA) is 63.8 Å². The van der Waals surface area contributed by atoms with Gasteiger partial charge >= 0.3 is 0 Å². The molecule has 0 aliphatic carbocycles. The van der Waals surface area contributed by atoms with E-state index in [1.165, 1.54) is 4.88 Å². The van der Waals surface area contributed by atoms with Gasteiger partial charge in [0.15, 0.2) is 0 Å². The van der Waals surface area contributed by atoms with E-state index in [1.807, 2.05) is 24.4 Å². The van der Waals surface area contributed by atoms with Gasteiger partial charge in [0.25, 0.3) is 0 Å². The van der Waals surface area contributed by atoms with Crippen molar-refractivity contribution >= 4 is 49.5 Å². The van der Waals surface area contributed by atoms with Crippen LogP contribution < -0.4 is 11.1 Å². The standard InChI is InChI=1S/C15H15BrN4S/c1-2-10-7-19-14(21-10)8-18-13-4-3-12(17)11-5-9(16)6-20-15(11)13/h3-7,18H,2,8,17H2,1H3. The summed E-state index contributed by atoms with van der Waals surface area (Å²) >= 11 is 5.17. The van der Waals surface area contributed by atoms with Crippen LogP contribution in [-0.4, -0.2) is 9.97 Å². The molecule has 0 aliphatic rings. The van der Waals surface area contributed by atoms with Crippen LogP contribution in [0.15, 0.2) is 35.1 Å². The van der Waals surface area contributed by atoms with Crippen LogP contribution in [0.25, 0.3) is 10.9 Å². The Bertz CT molecular complexity index is 784. The molecule has 2 aromatic heterocycles. The zero-order valence-electron chi connectivity index (χ0n) is 11.6. The Kier molecular flexibility index (Phi) is 4.07. The number of nitrogens with one attached hydrogen (secondary N) is 1. The minimum absolute atomic E-state index is 0.696.